The van der Waals surface area contributed by atoms with Crippen LogP contribution in [-0.4, -0.2) is 26.7 Å². The first kappa shape index (κ1) is 17.8. The van der Waals surface area contributed by atoms with Gasteiger partial charge in [-0.1, -0.05) is 12.1 Å². The van der Waals surface area contributed by atoms with E-state index in [0.717, 1.165) is 16.7 Å². The fraction of sp³-hybridized carbons (Fsp3) is 0.316. The molecule has 24 heavy (non-hydrogen) atoms. The van der Waals surface area contributed by atoms with E-state index in [2.05, 4.69) is 5.32 Å². The third-order valence-corrected chi connectivity index (χ3v) is 3.84. The highest BCUT2D eigenvalue weighted by molar-refractivity contribution is 5.79. The summed E-state index contributed by atoms with van der Waals surface area (Å²) in [7, 11) is 3.15. The highest BCUT2D eigenvalue weighted by Crippen LogP contribution is 2.30. The molecule has 0 fully saturated rings. The van der Waals surface area contributed by atoms with Crippen LogP contribution >= 0.6 is 0 Å². The van der Waals surface area contributed by atoms with E-state index in [1.807, 2.05) is 19.1 Å². The first-order valence-electron chi connectivity index (χ1n) is 7.76. The standard InChI is InChI=1S/C19H22FNO3/c1-13-10-17(23-2)18(24-3)11-15(13)12-19(22)21-9-8-14-4-6-16(20)7-5-14/h4-7,10-11H,8-9,12H2,1-3H3,(H,21,22). The number of ether oxygens (including phenoxy) is 2. The lowest BCUT2D eigenvalue weighted by Crippen LogP contribution is -2.27. The number of rotatable bonds is 7. The van der Waals surface area contributed by atoms with Crippen molar-refractivity contribution in [1.29, 1.82) is 0 Å². The molecule has 2 rings (SSSR count). The summed E-state index contributed by atoms with van der Waals surface area (Å²) < 4.78 is 23.4. The fourth-order valence-corrected chi connectivity index (χ4v) is 2.45. The van der Waals surface area contributed by atoms with Crippen LogP contribution in [0.15, 0.2) is 36.4 Å². The summed E-state index contributed by atoms with van der Waals surface area (Å²) in [4.78, 5) is 12.1. The Kier molecular flexibility index (Phi) is 6.18. The average molecular weight is 331 g/mol. The summed E-state index contributed by atoms with van der Waals surface area (Å²) >= 11 is 0. The smallest absolute Gasteiger partial charge is 0.224 e. The quantitative estimate of drug-likeness (QED) is 0.848. The molecule has 0 saturated carbocycles. The molecule has 0 bridgehead atoms. The maximum Gasteiger partial charge on any atom is 0.224 e. The monoisotopic (exact) mass is 331 g/mol. The number of benzene rings is 2. The molecule has 0 aliphatic rings. The minimum Gasteiger partial charge on any atom is -0.493 e. The van der Waals surface area contributed by atoms with E-state index < -0.39 is 0 Å². The van der Waals surface area contributed by atoms with Crippen molar-refractivity contribution < 1.29 is 18.7 Å². The number of nitrogens with one attached hydrogen (secondary N) is 1. The highest BCUT2D eigenvalue weighted by Gasteiger charge is 2.11. The molecule has 0 aromatic heterocycles. The largest absolute Gasteiger partial charge is 0.493 e. The zero-order valence-corrected chi connectivity index (χ0v) is 14.2. The lowest BCUT2D eigenvalue weighted by molar-refractivity contribution is -0.120. The van der Waals surface area contributed by atoms with Gasteiger partial charge in [-0.05, 0) is 54.3 Å². The van der Waals surface area contributed by atoms with Crippen molar-refractivity contribution >= 4 is 5.91 Å². The van der Waals surface area contributed by atoms with E-state index >= 15 is 0 Å². The minimum absolute atomic E-state index is 0.0626. The Labute approximate surface area is 141 Å². The van der Waals surface area contributed by atoms with Crippen LogP contribution in [-0.2, 0) is 17.6 Å². The molecule has 4 nitrogen and oxygen atoms in total. The zero-order valence-electron chi connectivity index (χ0n) is 14.2. The molecular weight excluding hydrogens is 309 g/mol. The Morgan fingerprint density at radius 2 is 1.71 bits per heavy atom. The molecular formula is C19H22FNO3. The van der Waals surface area contributed by atoms with E-state index in [0.29, 0.717) is 24.5 Å². The topological polar surface area (TPSA) is 47.6 Å². The van der Waals surface area contributed by atoms with E-state index in [1.54, 1.807) is 26.4 Å². The number of aryl methyl sites for hydroxylation is 1. The van der Waals surface area contributed by atoms with Gasteiger partial charge in [0.1, 0.15) is 5.82 Å². The molecule has 5 heteroatoms. The van der Waals surface area contributed by atoms with E-state index in [9.17, 15) is 9.18 Å². The van der Waals surface area contributed by atoms with Crippen molar-refractivity contribution in [2.45, 2.75) is 19.8 Å². The summed E-state index contributed by atoms with van der Waals surface area (Å²) in [5.41, 5.74) is 2.85. The van der Waals surface area contributed by atoms with Gasteiger partial charge in [-0.25, -0.2) is 4.39 Å². The molecule has 1 amide bonds. The van der Waals surface area contributed by atoms with Gasteiger partial charge in [0.25, 0.3) is 0 Å². The molecule has 1 N–H and O–H groups in total. The molecule has 0 spiro atoms. The van der Waals surface area contributed by atoms with Crippen LogP contribution in [0.3, 0.4) is 0 Å². The summed E-state index contributed by atoms with van der Waals surface area (Å²) in [6.45, 7) is 2.44. The number of carbonyl (C=O) groups excluding carboxylic acids is 1. The number of halogens is 1. The van der Waals surface area contributed by atoms with Gasteiger partial charge >= 0.3 is 0 Å². The first-order valence-corrected chi connectivity index (χ1v) is 7.76. The second-order valence-corrected chi connectivity index (χ2v) is 5.54. The van der Waals surface area contributed by atoms with Crippen LogP contribution in [0.2, 0.25) is 0 Å². The Bertz CT molecular complexity index is 699. The van der Waals surface area contributed by atoms with Gasteiger partial charge in [-0.2, -0.15) is 0 Å². The second-order valence-electron chi connectivity index (χ2n) is 5.54. The molecule has 0 heterocycles. The van der Waals surface area contributed by atoms with Crippen molar-refractivity contribution in [3.8, 4) is 11.5 Å². The fourth-order valence-electron chi connectivity index (χ4n) is 2.45. The van der Waals surface area contributed by atoms with Gasteiger partial charge < -0.3 is 14.8 Å². The number of hydrogen-bond acceptors (Lipinski definition) is 3. The van der Waals surface area contributed by atoms with Crippen LogP contribution in [0, 0.1) is 12.7 Å². The SMILES string of the molecule is COc1cc(C)c(CC(=O)NCCc2ccc(F)cc2)cc1OC. The lowest BCUT2D eigenvalue weighted by atomic mass is 10.0. The average Bonchev–Trinajstić information content (AvgIpc) is 2.58. The maximum atomic E-state index is 12.8. The van der Waals surface area contributed by atoms with Crippen molar-refractivity contribution in [2.75, 3.05) is 20.8 Å². The molecule has 0 unspecified atom stereocenters. The zero-order chi connectivity index (χ0) is 17.5. The third-order valence-electron chi connectivity index (χ3n) is 3.84. The van der Waals surface area contributed by atoms with Crippen molar-refractivity contribution in [3.05, 3.63) is 58.9 Å². The molecule has 128 valence electrons. The Balaban J connectivity index is 1.91. The van der Waals surface area contributed by atoms with Gasteiger partial charge in [-0.15, -0.1) is 0 Å². The minimum atomic E-state index is -0.258. The molecule has 0 saturated heterocycles. The van der Waals surface area contributed by atoms with Gasteiger partial charge in [0.15, 0.2) is 11.5 Å². The predicted octanol–water partition coefficient (Wildman–Crippen LogP) is 3.05. The number of carbonyl (C=O) groups is 1. The maximum absolute atomic E-state index is 12.8. The Hall–Kier alpha value is -2.56. The lowest BCUT2D eigenvalue weighted by Gasteiger charge is -2.13. The van der Waals surface area contributed by atoms with Crippen LogP contribution in [0.5, 0.6) is 11.5 Å². The molecule has 2 aromatic rings. The number of hydrogen-bond donors (Lipinski definition) is 1. The van der Waals surface area contributed by atoms with Gasteiger partial charge in [0.2, 0.25) is 5.91 Å². The van der Waals surface area contributed by atoms with E-state index in [4.69, 9.17) is 9.47 Å². The summed E-state index contributed by atoms with van der Waals surface area (Å²) in [6, 6.07) is 9.97. The predicted molar refractivity (Wildman–Crippen MR) is 91.1 cm³/mol. The highest BCUT2D eigenvalue weighted by atomic mass is 19.1. The van der Waals surface area contributed by atoms with E-state index in [-0.39, 0.29) is 18.1 Å². The van der Waals surface area contributed by atoms with Gasteiger partial charge in [0.05, 0.1) is 20.6 Å². The van der Waals surface area contributed by atoms with Crippen molar-refractivity contribution in [2.24, 2.45) is 0 Å². The van der Waals surface area contributed by atoms with Crippen LogP contribution in [0.4, 0.5) is 4.39 Å². The molecule has 0 atom stereocenters. The van der Waals surface area contributed by atoms with Crippen molar-refractivity contribution in [1.82, 2.24) is 5.32 Å². The van der Waals surface area contributed by atoms with Crippen molar-refractivity contribution in [3.63, 3.8) is 0 Å². The number of methoxy groups -OCH3 is 2. The summed E-state index contributed by atoms with van der Waals surface area (Å²) in [5.74, 6) is 0.937. The van der Waals surface area contributed by atoms with Gasteiger partial charge in [-0.3, -0.25) is 4.79 Å². The summed E-state index contributed by atoms with van der Waals surface area (Å²) in [6.07, 6.45) is 0.937. The second kappa shape index (κ2) is 8.34. The van der Waals surface area contributed by atoms with Crippen LogP contribution in [0.1, 0.15) is 16.7 Å². The van der Waals surface area contributed by atoms with E-state index in [1.165, 1.54) is 12.1 Å². The first-order chi connectivity index (χ1) is 11.5. The van der Waals surface area contributed by atoms with Gasteiger partial charge in [0, 0.05) is 6.54 Å². The Morgan fingerprint density at radius 3 is 2.33 bits per heavy atom. The molecule has 2 aromatic carbocycles. The van der Waals surface area contributed by atoms with Crippen LogP contribution < -0.4 is 14.8 Å². The van der Waals surface area contributed by atoms with Crippen LogP contribution in [0.25, 0.3) is 0 Å². The Morgan fingerprint density at radius 1 is 1.08 bits per heavy atom. The summed E-state index contributed by atoms with van der Waals surface area (Å²) in [5, 5.41) is 2.88. The molecule has 0 radical (unpaired) electrons. The number of amides is 1. The normalized spacial score (nSPS) is 10.3. The molecule has 0 aliphatic heterocycles. The third kappa shape index (κ3) is 4.72. The molecule has 0 aliphatic carbocycles.